The number of carbonyl (C=O) groups is 1. The van der Waals surface area contributed by atoms with Gasteiger partial charge in [0.25, 0.3) is 5.91 Å². The minimum atomic E-state index is -0.108. The SMILES string of the molecule is CC1(C)C(N)C(C)(C)C1NC(=O)c1ccc(Cl)c(Br)c1. The highest BCUT2D eigenvalue weighted by Crippen LogP contribution is 2.52. The van der Waals surface area contributed by atoms with E-state index in [1.54, 1.807) is 18.2 Å². The molecule has 0 heterocycles. The van der Waals surface area contributed by atoms with Gasteiger partial charge in [-0.1, -0.05) is 39.3 Å². The fraction of sp³-hybridized carbons (Fsp3) is 0.533. The van der Waals surface area contributed by atoms with Gasteiger partial charge >= 0.3 is 0 Å². The van der Waals surface area contributed by atoms with E-state index in [1.807, 2.05) is 0 Å². The normalized spacial score (nSPS) is 26.8. The van der Waals surface area contributed by atoms with E-state index in [1.165, 1.54) is 0 Å². The Balaban J connectivity index is 2.18. The van der Waals surface area contributed by atoms with Crippen LogP contribution in [0.5, 0.6) is 0 Å². The molecule has 1 saturated carbocycles. The molecule has 0 bridgehead atoms. The maximum atomic E-state index is 12.4. The molecule has 0 unspecified atom stereocenters. The molecule has 1 aromatic carbocycles. The molecule has 20 heavy (non-hydrogen) atoms. The quantitative estimate of drug-likeness (QED) is 0.848. The van der Waals surface area contributed by atoms with Crippen molar-refractivity contribution < 1.29 is 4.79 Å². The molecule has 0 spiro atoms. The molecule has 1 aromatic rings. The molecular formula is C15H20BrClN2O. The molecule has 2 rings (SSSR count). The van der Waals surface area contributed by atoms with E-state index in [0.29, 0.717) is 10.6 Å². The van der Waals surface area contributed by atoms with E-state index >= 15 is 0 Å². The maximum absolute atomic E-state index is 12.4. The second-order valence-corrected chi connectivity index (χ2v) is 7.92. The summed E-state index contributed by atoms with van der Waals surface area (Å²) in [5.41, 5.74) is 6.58. The van der Waals surface area contributed by atoms with Crippen LogP contribution >= 0.6 is 27.5 Å². The van der Waals surface area contributed by atoms with E-state index in [0.717, 1.165) is 4.47 Å². The first-order valence-corrected chi connectivity index (χ1v) is 7.77. The standard InChI is InChI=1S/C15H20BrClN2O/c1-14(2)12(18)15(3,4)13(14)19-11(20)8-5-6-10(17)9(16)7-8/h5-7,12-13H,18H2,1-4H3,(H,19,20). The Bertz CT molecular complexity index is 541. The molecule has 3 nitrogen and oxygen atoms in total. The number of nitrogens with two attached hydrogens (primary N) is 1. The summed E-state index contributed by atoms with van der Waals surface area (Å²) in [6.07, 6.45) is 0. The first kappa shape index (κ1) is 15.8. The monoisotopic (exact) mass is 358 g/mol. The third-order valence-corrected chi connectivity index (χ3v) is 5.76. The number of benzene rings is 1. The smallest absolute Gasteiger partial charge is 0.251 e. The molecular weight excluding hydrogens is 340 g/mol. The minimum absolute atomic E-state index is 0.0481. The zero-order valence-electron chi connectivity index (χ0n) is 12.1. The van der Waals surface area contributed by atoms with Gasteiger partial charge < -0.3 is 11.1 Å². The molecule has 110 valence electrons. The third kappa shape index (κ3) is 2.38. The van der Waals surface area contributed by atoms with E-state index in [4.69, 9.17) is 17.3 Å². The van der Waals surface area contributed by atoms with Gasteiger partial charge in [0.15, 0.2) is 0 Å². The van der Waals surface area contributed by atoms with Crippen LogP contribution in [0.1, 0.15) is 38.1 Å². The van der Waals surface area contributed by atoms with Crippen LogP contribution in [0, 0.1) is 10.8 Å². The van der Waals surface area contributed by atoms with Gasteiger partial charge in [-0.15, -0.1) is 0 Å². The van der Waals surface area contributed by atoms with Crippen LogP contribution in [0.15, 0.2) is 22.7 Å². The highest BCUT2D eigenvalue weighted by atomic mass is 79.9. The average molecular weight is 360 g/mol. The topological polar surface area (TPSA) is 55.1 Å². The van der Waals surface area contributed by atoms with Gasteiger partial charge in [0, 0.05) is 32.9 Å². The Morgan fingerprint density at radius 3 is 2.35 bits per heavy atom. The molecule has 3 N–H and O–H groups in total. The van der Waals surface area contributed by atoms with Crippen LogP contribution in [0.4, 0.5) is 0 Å². The molecule has 1 aliphatic carbocycles. The van der Waals surface area contributed by atoms with Crippen molar-refractivity contribution in [2.75, 3.05) is 0 Å². The number of carbonyl (C=O) groups excluding carboxylic acids is 1. The van der Waals surface area contributed by atoms with Gasteiger partial charge in [0.1, 0.15) is 0 Å². The molecule has 0 atom stereocenters. The number of rotatable bonds is 2. The summed E-state index contributed by atoms with van der Waals surface area (Å²) < 4.78 is 0.718. The van der Waals surface area contributed by atoms with Gasteiger partial charge in [-0.05, 0) is 34.1 Å². The summed E-state index contributed by atoms with van der Waals surface area (Å²) in [5, 5.41) is 3.70. The zero-order chi connectivity index (χ0) is 15.3. The van der Waals surface area contributed by atoms with Crippen molar-refractivity contribution >= 4 is 33.4 Å². The van der Waals surface area contributed by atoms with Gasteiger partial charge in [0.2, 0.25) is 0 Å². The van der Waals surface area contributed by atoms with Crippen LogP contribution in [-0.2, 0) is 0 Å². The summed E-state index contributed by atoms with van der Waals surface area (Å²) in [7, 11) is 0. The lowest BCUT2D eigenvalue weighted by Gasteiger charge is -2.62. The highest BCUT2D eigenvalue weighted by molar-refractivity contribution is 9.10. The van der Waals surface area contributed by atoms with E-state index in [-0.39, 0.29) is 28.8 Å². The number of halogens is 2. The van der Waals surface area contributed by atoms with Crippen LogP contribution < -0.4 is 11.1 Å². The van der Waals surface area contributed by atoms with Crippen molar-refractivity contribution in [3.05, 3.63) is 33.3 Å². The maximum Gasteiger partial charge on any atom is 0.251 e. The van der Waals surface area contributed by atoms with Crippen molar-refractivity contribution in [2.45, 2.75) is 39.8 Å². The summed E-state index contributed by atoms with van der Waals surface area (Å²) in [6.45, 7) is 8.36. The summed E-state index contributed by atoms with van der Waals surface area (Å²) in [4.78, 5) is 12.4. The second-order valence-electron chi connectivity index (χ2n) is 6.66. The van der Waals surface area contributed by atoms with Gasteiger partial charge in [-0.3, -0.25) is 4.79 Å². The summed E-state index contributed by atoms with van der Waals surface area (Å²) in [6, 6.07) is 5.28. The van der Waals surface area contributed by atoms with Crippen LogP contribution in [-0.4, -0.2) is 18.0 Å². The first-order valence-electron chi connectivity index (χ1n) is 6.60. The Labute approximate surface area is 133 Å². The number of hydrogen-bond acceptors (Lipinski definition) is 2. The van der Waals surface area contributed by atoms with E-state index in [9.17, 15) is 4.79 Å². The highest BCUT2D eigenvalue weighted by Gasteiger charge is 2.60. The lowest BCUT2D eigenvalue weighted by atomic mass is 9.48. The fourth-order valence-electron chi connectivity index (χ4n) is 3.40. The summed E-state index contributed by atoms with van der Waals surface area (Å²) in [5.74, 6) is -0.0968. The lowest BCUT2D eigenvalue weighted by molar-refractivity contribution is -0.0663. The molecule has 0 aliphatic heterocycles. The number of nitrogens with one attached hydrogen (secondary N) is 1. The second kappa shape index (κ2) is 5.00. The molecule has 0 radical (unpaired) electrons. The number of amides is 1. The van der Waals surface area contributed by atoms with Crippen LogP contribution in [0.3, 0.4) is 0 Å². The van der Waals surface area contributed by atoms with Crippen molar-refractivity contribution in [1.82, 2.24) is 5.32 Å². The van der Waals surface area contributed by atoms with E-state index in [2.05, 4.69) is 48.9 Å². The minimum Gasteiger partial charge on any atom is -0.348 e. The predicted molar refractivity (Wildman–Crippen MR) is 85.9 cm³/mol. The Hall–Kier alpha value is -0.580. The van der Waals surface area contributed by atoms with E-state index < -0.39 is 0 Å². The molecule has 0 aromatic heterocycles. The third-order valence-electron chi connectivity index (χ3n) is 4.55. The van der Waals surface area contributed by atoms with Crippen molar-refractivity contribution in [3.8, 4) is 0 Å². The largest absolute Gasteiger partial charge is 0.348 e. The first-order chi connectivity index (χ1) is 9.08. The average Bonchev–Trinajstić information content (AvgIpc) is 2.37. The molecule has 1 fully saturated rings. The lowest BCUT2D eigenvalue weighted by Crippen LogP contribution is -2.76. The van der Waals surface area contributed by atoms with Crippen molar-refractivity contribution in [2.24, 2.45) is 16.6 Å². The van der Waals surface area contributed by atoms with Gasteiger partial charge in [-0.2, -0.15) is 0 Å². The number of hydrogen-bond donors (Lipinski definition) is 2. The van der Waals surface area contributed by atoms with Crippen molar-refractivity contribution in [3.63, 3.8) is 0 Å². The molecule has 5 heteroatoms. The van der Waals surface area contributed by atoms with Crippen LogP contribution in [0.25, 0.3) is 0 Å². The Morgan fingerprint density at radius 2 is 1.85 bits per heavy atom. The van der Waals surface area contributed by atoms with Gasteiger partial charge in [0.05, 0.1) is 5.02 Å². The molecule has 1 aliphatic rings. The fourth-order valence-corrected chi connectivity index (χ4v) is 3.90. The van der Waals surface area contributed by atoms with Crippen molar-refractivity contribution in [1.29, 1.82) is 0 Å². The Kier molecular flexibility index (Phi) is 3.95. The van der Waals surface area contributed by atoms with Crippen LogP contribution in [0.2, 0.25) is 5.02 Å². The zero-order valence-corrected chi connectivity index (χ0v) is 14.5. The predicted octanol–water partition coefficient (Wildman–Crippen LogP) is 3.59. The summed E-state index contributed by atoms with van der Waals surface area (Å²) >= 11 is 9.28. The Morgan fingerprint density at radius 1 is 1.30 bits per heavy atom. The van der Waals surface area contributed by atoms with Gasteiger partial charge in [-0.25, -0.2) is 0 Å². The molecule has 0 saturated heterocycles. The molecule has 1 amide bonds.